The Labute approximate surface area is 181 Å². The third-order valence-electron chi connectivity index (χ3n) is 5.18. The number of methoxy groups -OCH3 is 2. The largest absolute Gasteiger partial charge is 0.493 e. The highest BCUT2D eigenvalue weighted by atomic mass is 16.5. The van der Waals surface area contributed by atoms with E-state index in [1.807, 2.05) is 78.2 Å². The minimum absolute atomic E-state index is 0.0621. The number of fused-ring (bicyclic) bond motifs is 1. The first-order valence-electron chi connectivity index (χ1n) is 10.1. The van der Waals surface area contributed by atoms with Crippen molar-refractivity contribution >= 4 is 17.4 Å². The minimum atomic E-state index is -0.0621. The molecule has 0 saturated carbocycles. The Bertz CT molecular complexity index is 1220. The zero-order valence-corrected chi connectivity index (χ0v) is 17.9. The van der Waals surface area contributed by atoms with Gasteiger partial charge in [-0.1, -0.05) is 30.3 Å². The number of ether oxygens (including phenoxy) is 2. The fourth-order valence-electron chi connectivity index (χ4n) is 3.55. The number of carbonyl (C=O) groups excluding carboxylic acids is 1. The molecule has 31 heavy (non-hydrogen) atoms. The summed E-state index contributed by atoms with van der Waals surface area (Å²) >= 11 is 0. The van der Waals surface area contributed by atoms with Gasteiger partial charge in [-0.25, -0.2) is 4.98 Å². The molecule has 0 radical (unpaired) electrons. The van der Waals surface area contributed by atoms with E-state index in [1.54, 1.807) is 14.2 Å². The highest BCUT2D eigenvalue weighted by Gasteiger charge is 2.18. The molecule has 0 saturated heterocycles. The molecule has 2 heterocycles. The lowest BCUT2D eigenvalue weighted by Crippen LogP contribution is -2.14. The predicted molar refractivity (Wildman–Crippen MR) is 122 cm³/mol. The fraction of sp³-hybridized carbons (Fsp3) is 0.200. The van der Waals surface area contributed by atoms with E-state index in [0.717, 1.165) is 22.3 Å². The molecular formula is C25H25N3O3. The number of hydrogen-bond acceptors (Lipinski definition) is 4. The van der Waals surface area contributed by atoms with Gasteiger partial charge in [-0.3, -0.25) is 9.20 Å². The average Bonchev–Trinajstić information content (AvgIpc) is 3.15. The number of anilines is 1. The lowest BCUT2D eigenvalue weighted by Gasteiger charge is -2.11. The van der Waals surface area contributed by atoms with Crippen LogP contribution in [0.4, 0.5) is 5.82 Å². The number of pyridine rings is 1. The zero-order valence-electron chi connectivity index (χ0n) is 17.9. The number of nitrogens with zero attached hydrogens (tertiary/aromatic N) is 2. The maximum absolute atomic E-state index is 12.8. The first-order valence-corrected chi connectivity index (χ1v) is 10.1. The third kappa shape index (κ3) is 4.38. The van der Waals surface area contributed by atoms with Gasteiger partial charge >= 0.3 is 0 Å². The molecule has 4 aromatic rings. The molecule has 0 aliphatic heterocycles. The normalized spacial score (nSPS) is 10.8. The second-order valence-corrected chi connectivity index (χ2v) is 7.34. The van der Waals surface area contributed by atoms with Crippen molar-refractivity contribution in [1.82, 2.24) is 9.38 Å². The lowest BCUT2D eigenvalue weighted by molar-refractivity contribution is -0.116. The number of imidazole rings is 1. The van der Waals surface area contributed by atoms with Crippen LogP contribution in [0.25, 0.3) is 16.9 Å². The highest BCUT2D eigenvalue weighted by Crippen LogP contribution is 2.35. The molecule has 0 aliphatic rings. The van der Waals surface area contributed by atoms with E-state index < -0.39 is 0 Å². The molecule has 0 bridgehead atoms. The molecule has 1 amide bonds. The Kier molecular flexibility index (Phi) is 5.89. The van der Waals surface area contributed by atoms with Crippen LogP contribution in [0.3, 0.4) is 0 Å². The van der Waals surface area contributed by atoms with Crippen molar-refractivity contribution in [3.8, 4) is 22.8 Å². The van der Waals surface area contributed by atoms with Gasteiger partial charge in [0.05, 0.1) is 14.2 Å². The van der Waals surface area contributed by atoms with Gasteiger partial charge in [0.1, 0.15) is 17.2 Å². The van der Waals surface area contributed by atoms with E-state index in [0.29, 0.717) is 35.9 Å². The van der Waals surface area contributed by atoms with E-state index in [1.165, 1.54) is 0 Å². The Morgan fingerprint density at radius 3 is 2.52 bits per heavy atom. The Hall–Kier alpha value is -3.80. The van der Waals surface area contributed by atoms with E-state index in [4.69, 9.17) is 14.5 Å². The SMILES string of the molecule is COc1ccc(-c2nc3cc(C)ccn3c2NC(=O)CCc2ccccc2)cc1OC. The van der Waals surface area contributed by atoms with Crippen molar-refractivity contribution in [3.63, 3.8) is 0 Å². The number of hydrogen-bond donors (Lipinski definition) is 1. The summed E-state index contributed by atoms with van der Waals surface area (Å²) in [5, 5.41) is 3.08. The topological polar surface area (TPSA) is 64.9 Å². The molecule has 0 atom stereocenters. The molecule has 6 heteroatoms. The van der Waals surface area contributed by atoms with Gasteiger partial charge in [-0.2, -0.15) is 0 Å². The first kappa shape index (κ1) is 20.5. The van der Waals surface area contributed by atoms with Gasteiger partial charge in [-0.05, 0) is 54.8 Å². The van der Waals surface area contributed by atoms with Crippen molar-refractivity contribution in [2.75, 3.05) is 19.5 Å². The molecule has 0 spiro atoms. The van der Waals surface area contributed by atoms with Crippen LogP contribution in [0, 0.1) is 6.92 Å². The zero-order chi connectivity index (χ0) is 21.8. The van der Waals surface area contributed by atoms with Crippen molar-refractivity contribution in [1.29, 1.82) is 0 Å². The van der Waals surface area contributed by atoms with Gasteiger partial charge in [0.2, 0.25) is 5.91 Å². The summed E-state index contributed by atoms with van der Waals surface area (Å²) in [4.78, 5) is 17.6. The number of aryl methyl sites for hydroxylation is 2. The van der Waals surface area contributed by atoms with Gasteiger partial charge in [-0.15, -0.1) is 0 Å². The molecule has 0 unspecified atom stereocenters. The minimum Gasteiger partial charge on any atom is -0.493 e. The quantitative estimate of drug-likeness (QED) is 0.466. The molecule has 1 N–H and O–H groups in total. The van der Waals surface area contributed by atoms with Crippen molar-refractivity contribution in [3.05, 3.63) is 78.0 Å². The number of carbonyl (C=O) groups is 1. The molecule has 0 aliphatic carbocycles. The van der Waals surface area contributed by atoms with Gasteiger partial charge in [0.25, 0.3) is 0 Å². The van der Waals surface area contributed by atoms with Crippen molar-refractivity contribution in [2.24, 2.45) is 0 Å². The Morgan fingerprint density at radius 2 is 1.77 bits per heavy atom. The first-order chi connectivity index (χ1) is 15.1. The lowest BCUT2D eigenvalue weighted by atomic mass is 10.1. The second-order valence-electron chi connectivity index (χ2n) is 7.34. The smallest absolute Gasteiger partial charge is 0.225 e. The van der Waals surface area contributed by atoms with Crippen LogP contribution in [0.5, 0.6) is 11.5 Å². The van der Waals surface area contributed by atoms with E-state index in [9.17, 15) is 4.79 Å². The Balaban J connectivity index is 1.69. The highest BCUT2D eigenvalue weighted by molar-refractivity contribution is 5.95. The van der Waals surface area contributed by atoms with Crippen LogP contribution in [0.2, 0.25) is 0 Å². The molecule has 6 nitrogen and oxygen atoms in total. The van der Waals surface area contributed by atoms with Crippen LogP contribution in [-0.2, 0) is 11.2 Å². The second kappa shape index (κ2) is 8.92. The maximum Gasteiger partial charge on any atom is 0.225 e. The van der Waals surface area contributed by atoms with Gasteiger partial charge in [0, 0.05) is 18.2 Å². The standard InChI is InChI=1S/C25H25N3O3/c1-17-13-14-28-22(15-17)26-24(19-10-11-20(30-2)21(16-19)31-3)25(28)27-23(29)12-9-18-7-5-4-6-8-18/h4-8,10-11,13-16H,9,12H2,1-3H3,(H,27,29). The fourth-order valence-corrected chi connectivity index (χ4v) is 3.55. The summed E-state index contributed by atoms with van der Waals surface area (Å²) in [6, 6.07) is 19.6. The third-order valence-corrected chi connectivity index (χ3v) is 5.18. The monoisotopic (exact) mass is 415 g/mol. The summed E-state index contributed by atoms with van der Waals surface area (Å²) in [6.07, 6.45) is 2.98. The van der Waals surface area contributed by atoms with Crippen LogP contribution < -0.4 is 14.8 Å². The summed E-state index contributed by atoms with van der Waals surface area (Å²) in [7, 11) is 3.20. The molecule has 4 rings (SSSR count). The van der Waals surface area contributed by atoms with Crippen LogP contribution in [0.1, 0.15) is 17.5 Å². The van der Waals surface area contributed by atoms with E-state index in [-0.39, 0.29) is 5.91 Å². The number of benzene rings is 2. The summed E-state index contributed by atoms with van der Waals surface area (Å²) in [6.45, 7) is 2.02. The summed E-state index contributed by atoms with van der Waals surface area (Å²) in [5.41, 5.74) is 4.50. The van der Waals surface area contributed by atoms with Gasteiger partial charge < -0.3 is 14.8 Å². The molecule has 158 valence electrons. The molecule has 2 aromatic carbocycles. The van der Waals surface area contributed by atoms with Crippen molar-refractivity contribution < 1.29 is 14.3 Å². The number of aromatic nitrogens is 2. The number of rotatable bonds is 7. The van der Waals surface area contributed by atoms with Crippen LogP contribution in [-0.4, -0.2) is 29.5 Å². The molecular weight excluding hydrogens is 390 g/mol. The average molecular weight is 415 g/mol. The van der Waals surface area contributed by atoms with Gasteiger partial charge in [0.15, 0.2) is 11.5 Å². The van der Waals surface area contributed by atoms with Crippen LogP contribution in [0.15, 0.2) is 66.9 Å². The van der Waals surface area contributed by atoms with Crippen LogP contribution >= 0.6 is 0 Å². The van der Waals surface area contributed by atoms with E-state index in [2.05, 4.69) is 5.32 Å². The van der Waals surface area contributed by atoms with E-state index >= 15 is 0 Å². The molecule has 0 fully saturated rings. The van der Waals surface area contributed by atoms with Crippen molar-refractivity contribution in [2.45, 2.75) is 19.8 Å². The predicted octanol–water partition coefficient (Wildman–Crippen LogP) is 4.90. The summed E-state index contributed by atoms with van der Waals surface area (Å²) < 4.78 is 12.7. The maximum atomic E-state index is 12.8. The number of nitrogens with one attached hydrogen (secondary N) is 1. The Morgan fingerprint density at radius 1 is 1.00 bits per heavy atom. The molecule has 2 aromatic heterocycles. The summed E-state index contributed by atoms with van der Waals surface area (Å²) in [5.74, 6) is 1.82. The number of amides is 1.